The molecule has 0 spiro atoms. The third-order valence-electron chi connectivity index (χ3n) is 4.14. The Morgan fingerprint density at radius 3 is 2.44 bits per heavy atom. The van der Waals surface area contributed by atoms with Gasteiger partial charge in [-0.3, -0.25) is 9.98 Å². The predicted molar refractivity (Wildman–Crippen MR) is 110 cm³/mol. The van der Waals surface area contributed by atoms with Gasteiger partial charge in [-0.05, 0) is 35.2 Å². The largest absolute Gasteiger partial charge is 0.370 e. The molecule has 0 aliphatic rings. The van der Waals surface area contributed by atoms with Crippen LogP contribution in [0.1, 0.15) is 32.0 Å². The van der Waals surface area contributed by atoms with E-state index < -0.39 is 9.84 Å². The maximum Gasteiger partial charge on any atom is 0.188 e. The van der Waals surface area contributed by atoms with Crippen LogP contribution in [-0.4, -0.2) is 38.2 Å². The molecule has 0 amide bonds. The number of nitrogens with two attached hydrogens (primary N) is 1. The number of nitrogens with one attached hydrogen (secondary N) is 1. The zero-order valence-corrected chi connectivity index (χ0v) is 17.0. The van der Waals surface area contributed by atoms with E-state index in [2.05, 4.69) is 36.1 Å². The van der Waals surface area contributed by atoms with Gasteiger partial charge in [0.2, 0.25) is 0 Å². The Balaban J connectivity index is 1.84. The highest BCUT2D eigenvalue weighted by Crippen LogP contribution is 2.23. The third kappa shape index (κ3) is 6.67. The van der Waals surface area contributed by atoms with Crippen molar-refractivity contribution in [2.75, 3.05) is 18.8 Å². The highest BCUT2D eigenvalue weighted by atomic mass is 32.2. The molecule has 6 nitrogen and oxygen atoms in total. The molecular formula is C20H28N4O2S. The summed E-state index contributed by atoms with van der Waals surface area (Å²) in [7, 11) is -3.38. The van der Waals surface area contributed by atoms with Crippen LogP contribution in [0.3, 0.4) is 0 Å². The van der Waals surface area contributed by atoms with Crippen molar-refractivity contribution in [3.05, 3.63) is 59.9 Å². The maximum absolute atomic E-state index is 12.4. The Bertz CT molecular complexity index is 855. The van der Waals surface area contributed by atoms with Crippen molar-refractivity contribution >= 4 is 15.8 Å². The highest BCUT2D eigenvalue weighted by molar-refractivity contribution is 7.91. The van der Waals surface area contributed by atoms with Crippen molar-refractivity contribution in [3.8, 4) is 0 Å². The summed E-state index contributed by atoms with van der Waals surface area (Å²) in [4.78, 5) is 8.64. The highest BCUT2D eigenvalue weighted by Gasteiger charge is 2.17. The second-order valence-corrected chi connectivity index (χ2v) is 9.47. The molecule has 1 aromatic carbocycles. The quantitative estimate of drug-likeness (QED) is 0.560. The fraction of sp³-hybridized carbons (Fsp3) is 0.400. The normalized spacial score (nSPS) is 12.8. The summed E-state index contributed by atoms with van der Waals surface area (Å²) in [5.41, 5.74) is 7.84. The number of hydrogen-bond acceptors (Lipinski definition) is 4. The van der Waals surface area contributed by atoms with Gasteiger partial charge >= 0.3 is 0 Å². The van der Waals surface area contributed by atoms with Crippen molar-refractivity contribution in [1.29, 1.82) is 0 Å². The van der Waals surface area contributed by atoms with Crippen LogP contribution in [0, 0.1) is 0 Å². The number of rotatable bonds is 7. The van der Waals surface area contributed by atoms with Crippen LogP contribution in [0.2, 0.25) is 0 Å². The summed E-state index contributed by atoms with van der Waals surface area (Å²) < 4.78 is 24.9. The Hall–Kier alpha value is -2.41. The lowest BCUT2D eigenvalue weighted by atomic mass is 9.87. The second-order valence-electron chi connectivity index (χ2n) is 7.36. The van der Waals surface area contributed by atoms with Gasteiger partial charge in [0.05, 0.1) is 17.2 Å². The van der Waals surface area contributed by atoms with Gasteiger partial charge in [0, 0.05) is 24.9 Å². The fourth-order valence-electron chi connectivity index (χ4n) is 2.49. The number of benzene rings is 1. The van der Waals surface area contributed by atoms with Crippen LogP contribution in [0.4, 0.5) is 0 Å². The predicted octanol–water partition coefficient (Wildman–Crippen LogP) is 2.30. The monoisotopic (exact) mass is 388 g/mol. The van der Waals surface area contributed by atoms with E-state index in [9.17, 15) is 8.42 Å². The van der Waals surface area contributed by atoms with Crippen molar-refractivity contribution in [2.24, 2.45) is 10.7 Å². The molecule has 0 bridgehead atoms. The number of hydrogen-bond donors (Lipinski definition) is 2. The summed E-state index contributed by atoms with van der Waals surface area (Å²) in [6, 6.07) is 12.8. The molecule has 2 rings (SSSR count). The lowest BCUT2D eigenvalue weighted by Crippen LogP contribution is -2.33. The first-order valence-corrected chi connectivity index (χ1v) is 10.6. The first-order valence-electron chi connectivity index (χ1n) is 8.95. The Morgan fingerprint density at radius 1 is 1.15 bits per heavy atom. The van der Waals surface area contributed by atoms with Gasteiger partial charge in [-0.1, -0.05) is 39.0 Å². The molecule has 1 heterocycles. The van der Waals surface area contributed by atoms with Gasteiger partial charge in [-0.25, -0.2) is 8.42 Å². The Kier molecular flexibility index (Phi) is 6.96. The SMILES string of the molecule is CC(C)(C)c1ccc(S(=O)(=O)CCN=C(N)NCCc2ccccn2)cc1. The Morgan fingerprint density at radius 2 is 1.85 bits per heavy atom. The summed E-state index contributed by atoms with van der Waals surface area (Å²) in [5.74, 6) is 0.161. The minimum Gasteiger partial charge on any atom is -0.370 e. The molecule has 0 atom stereocenters. The van der Waals surface area contributed by atoms with E-state index in [0.717, 1.165) is 17.7 Å². The van der Waals surface area contributed by atoms with Crippen molar-refractivity contribution in [3.63, 3.8) is 0 Å². The summed E-state index contributed by atoms with van der Waals surface area (Å²) in [5, 5.41) is 2.97. The maximum atomic E-state index is 12.4. The molecule has 1 aromatic heterocycles. The molecule has 0 saturated carbocycles. The minimum absolute atomic E-state index is 0.0119. The van der Waals surface area contributed by atoms with Crippen LogP contribution in [0.15, 0.2) is 58.5 Å². The summed E-state index contributed by atoms with van der Waals surface area (Å²) in [6.45, 7) is 6.98. The van der Waals surface area contributed by atoms with Crippen LogP contribution >= 0.6 is 0 Å². The van der Waals surface area contributed by atoms with Crippen LogP contribution in [0.25, 0.3) is 0 Å². The fourth-order valence-corrected chi connectivity index (χ4v) is 3.61. The van der Waals surface area contributed by atoms with Crippen LogP contribution in [0.5, 0.6) is 0 Å². The molecular weight excluding hydrogens is 360 g/mol. The number of guanidine groups is 1. The molecule has 146 valence electrons. The first-order chi connectivity index (χ1) is 12.7. The van der Waals surface area contributed by atoms with Gasteiger partial charge in [0.1, 0.15) is 0 Å². The number of aromatic nitrogens is 1. The van der Waals surface area contributed by atoms with E-state index in [1.165, 1.54) is 0 Å². The Labute approximate surface area is 161 Å². The second kappa shape index (κ2) is 8.99. The molecule has 7 heteroatoms. The topological polar surface area (TPSA) is 97.4 Å². The van der Waals surface area contributed by atoms with Gasteiger partial charge in [-0.2, -0.15) is 0 Å². The standard InChI is InChI=1S/C20H28N4O2S/c1-20(2,3)16-7-9-18(10-8-16)27(25,26)15-14-24-19(21)23-13-11-17-6-4-5-12-22-17/h4-10,12H,11,13-15H2,1-3H3,(H3,21,23,24). The summed E-state index contributed by atoms with van der Waals surface area (Å²) >= 11 is 0. The molecule has 2 aromatic rings. The first kappa shape index (κ1) is 20.9. The van der Waals surface area contributed by atoms with E-state index in [1.807, 2.05) is 30.3 Å². The van der Waals surface area contributed by atoms with E-state index in [1.54, 1.807) is 18.3 Å². The number of sulfone groups is 1. The van der Waals surface area contributed by atoms with Crippen molar-refractivity contribution in [2.45, 2.75) is 37.5 Å². The molecule has 0 unspecified atom stereocenters. The smallest absolute Gasteiger partial charge is 0.188 e. The van der Waals surface area contributed by atoms with E-state index in [-0.39, 0.29) is 23.7 Å². The van der Waals surface area contributed by atoms with Gasteiger partial charge in [0.15, 0.2) is 15.8 Å². The van der Waals surface area contributed by atoms with Crippen molar-refractivity contribution < 1.29 is 8.42 Å². The third-order valence-corrected chi connectivity index (χ3v) is 5.85. The van der Waals surface area contributed by atoms with Crippen molar-refractivity contribution in [1.82, 2.24) is 10.3 Å². The number of pyridine rings is 1. The van der Waals surface area contributed by atoms with Gasteiger partial charge in [-0.15, -0.1) is 0 Å². The van der Waals surface area contributed by atoms with E-state index in [0.29, 0.717) is 11.4 Å². The molecule has 27 heavy (non-hydrogen) atoms. The molecule has 0 saturated heterocycles. The molecule has 0 aliphatic carbocycles. The van der Waals surface area contributed by atoms with Crippen LogP contribution < -0.4 is 11.1 Å². The average Bonchev–Trinajstić information content (AvgIpc) is 2.62. The lowest BCUT2D eigenvalue weighted by molar-refractivity contribution is 0.586. The summed E-state index contributed by atoms with van der Waals surface area (Å²) in [6.07, 6.45) is 2.46. The van der Waals surface area contributed by atoms with Crippen LogP contribution in [-0.2, 0) is 21.7 Å². The molecule has 0 radical (unpaired) electrons. The average molecular weight is 389 g/mol. The van der Waals surface area contributed by atoms with E-state index in [4.69, 9.17) is 5.73 Å². The zero-order chi connectivity index (χ0) is 19.9. The van der Waals surface area contributed by atoms with Gasteiger partial charge < -0.3 is 11.1 Å². The number of aliphatic imine (C=N–C) groups is 1. The molecule has 3 N–H and O–H groups in total. The molecule has 0 fully saturated rings. The van der Waals surface area contributed by atoms with Gasteiger partial charge in [0.25, 0.3) is 0 Å². The molecule has 0 aliphatic heterocycles. The zero-order valence-electron chi connectivity index (χ0n) is 16.1. The number of nitrogens with zero attached hydrogens (tertiary/aromatic N) is 2. The van der Waals surface area contributed by atoms with E-state index >= 15 is 0 Å². The lowest BCUT2D eigenvalue weighted by Gasteiger charge is -2.19. The minimum atomic E-state index is -3.38.